The first-order valence-corrected chi connectivity index (χ1v) is 14.9. The van der Waals surface area contributed by atoms with Gasteiger partial charge in [-0.05, 0) is 93.2 Å². The van der Waals surface area contributed by atoms with E-state index in [0.29, 0.717) is 24.8 Å². The number of methoxy groups -OCH3 is 1. The van der Waals surface area contributed by atoms with Crippen LogP contribution in [0.25, 0.3) is 0 Å². The Morgan fingerprint density at radius 2 is 1.95 bits per heavy atom. The summed E-state index contributed by atoms with van der Waals surface area (Å²) in [7, 11) is 1.90. The molecule has 39 heavy (non-hydrogen) atoms. The fourth-order valence-corrected chi connectivity index (χ4v) is 9.95. The number of carboxylic acid groups (broad SMARTS) is 1. The van der Waals surface area contributed by atoms with Crippen molar-refractivity contribution in [2.75, 3.05) is 26.8 Å². The lowest BCUT2D eigenvalue weighted by Gasteiger charge is -2.74. The van der Waals surface area contributed by atoms with Crippen LogP contribution in [0.4, 0.5) is 0 Å². The summed E-state index contributed by atoms with van der Waals surface area (Å²) in [6.07, 6.45) is 8.46. The molecule has 5 aliphatic carbocycles. The molecule has 6 nitrogen and oxygen atoms in total. The van der Waals surface area contributed by atoms with Gasteiger partial charge in [-0.15, -0.1) is 0 Å². The second kappa shape index (κ2) is 8.31. The van der Waals surface area contributed by atoms with Crippen LogP contribution in [-0.2, 0) is 27.9 Å². The molecule has 2 aromatic carbocycles. The van der Waals surface area contributed by atoms with E-state index in [1.165, 1.54) is 55.5 Å². The Labute approximate surface area is 230 Å². The number of benzene rings is 2. The molecule has 7 aliphatic rings. The molecule has 0 amide bonds. The first kappa shape index (κ1) is 24.4. The van der Waals surface area contributed by atoms with Gasteiger partial charge in [-0.2, -0.15) is 0 Å². The van der Waals surface area contributed by atoms with Crippen LogP contribution in [0, 0.1) is 24.2 Å². The number of hydrogen-bond acceptors (Lipinski definition) is 5. The van der Waals surface area contributed by atoms with Crippen LogP contribution in [0.2, 0.25) is 0 Å². The molecular weight excluding hydrogens is 490 g/mol. The summed E-state index contributed by atoms with van der Waals surface area (Å²) in [4.78, 5) is 14.1. The molecule has 2 heterocycles. The molecule has 0 aromatic heterocycles. The molecule has 2 aromatic rings. The molecule has 6 atom stereocenters. The summed E-state index contributed by atoms with van der Waals surface area (Å²) in [5, 5.41) is 9.22. The lowest BCUT2D eigenvalue weighted by molar-refractivity contribution is -0.283. The summed E-state index contributed by atoms with van der Waals surface area (Å²) < 4.78 is 20.2. The smallest absolute Gasteiger partial charge is 0.335 e. The molecule has 206 valence electrons. The van der Waals surface area contributed by atoms with Gasteiger partial charge in [0.2, 0.25) is 0 Å². The number of hydrogen-bond donors (Lipinski definition) is 1. The lowest BCUT2D eigenvalue weighted by atomic mass is 9.35. The number of aromatic carboxylic acids is 1. The van der Waals surface area contributed by atoms with Gasteiger partial charge in [0.05, 0.1) is 18.8 Å². The van der Waals surface area contributed by atoms with Crippen LogP contribution in [0.5, 0.6) is 5.75 Å². The summed E-state index contributed by atoms with van der Waals surface area (Å²) in [6, 6.07) is 12.3. The van der Waals surface area contributed by atoms with Gasteiger partial charge in [0, 0.05) is 42.0 Å². The van der Waals surface area contributed by atoms with Crippen molar-refractivity contribution in [2.24, 2.45) is 17.3 Å². The number of piperidine rings is 1. The molecule has 2 aliphatic heterocycles. The average Bonchev–Trinajstić information content (AvgIpc) is 3.68. The van der Waals surface area contributed by atoms with E-state index in [1.807, 2.05) is 19.2 Å². The second-order valence-electron chi connectivity index (χ2n) is 13.4. The highest BCUT2D eigenvalue weighted by atomic mass is 16.6. The van der Waals surface area contributed by atoms with E-state index in [0.717, 1.165) is 36.5 Å². The van der Waals surface area contributed by atoms with E-state index < -0.39 is 5.97 Å². The topological polar surface area (TPSA) is 68.2 Å². The van der Waals surface area contributed by atoms with Crippen LogP contribution < -0.4 is 4.74 Å². The molecule has 1 saturated heterocycles. The maximum atomic E-state index is 11.2. The zero-order valence-electron chi connectivity index (χ0n) is 23.1. The standard InChI is InChI=1S/C33H39NO5/c1-20-3-8-24-15-26-31-11-12-33(37-2,25(16-31)19-38-18-22-6-9-23(10-7-22)29(35)36)30-32(31,27(24)28(20)39-30)13-14-34(26)17-21-4-5-21/h3,6-10,21,25-26,30H,4-5,11-19H2,1-2H3,(H,35,36)/t25-,26-,30-,31?,32+,33?/m1/s1. The van der Waals surface area contributed by atoms with Gasteiger partial charge < -0.3 is 19.3 Å². The summed E-state index contributed by atoms with van der Waals surface area (Å²) >= 11 is 0. The van der Waals surface area contributed by atoms with Crippen LogP contribution in [0.1, 0.15) is 71.1 Å². The SMILES string of the molecule is COC12CCC3(C[C@@H]1COCc1ccc(C(=O)O)cc1)[C@H]1Cc4ccc(C)c5c4[C@@]3(CCN1CC1CC1)[C@H]2O5. The van der Waals surface area contributed by atoms with Crippen molar-refractivity contribution in [1.29, 1.82) is 0 Å². The van der Waals surface area contributed by atoms with E-state index in [2.05, 4.69) is 24.0 Å². The highest BCUT2D eigenvalue weighted by Gasteiger charge is 2.80. The molecule has 9 rings (SSSR count). The number of aryl methyl sites for hydroxylation is 1. The minimum Gasteiger partial charge on any atom is -0.486 e. The molecule has 5 fully saturated rings. The lowest BCUT2D eigenvalue weighted by Crippen LogP contribution is -2.81. The predicted octanol–water partition coefficient (Wildman–Crippen LogP) is 5.13. The third-order valence-electron chi connectivity index (χ3n) is 11.8. The molecule has 2 unspecified atom stereocenters. The largest absolute Gasteiger partial charge is 0.486 e. The molecule has 0 radical (unpaired) electrons. The normalized spacial score (nSPS) is 37.4. The number of likely N-dealkylation sites (tertiary alicyclic amines) is 1. The molecule has 6 heteroatoms. The summed E-state index contributed by atoms with van der Waals surface area (Å²) in [5.74, 6) is 1.39. The van der Waals surface area contributed by atoms with Gasteiger partial charge in [0.1, 0.15) is 17.5 Å². The Bertz CT molecular complexity index is 1340. The van der Waals surface area contributed by atoms with Crippen LogP contribution in [0.15, 0.2) is 36.4 Å². The van der Waals surface area contributed by atoms with Crippen molar-refractivity contribution < 1.29 is 24.1 Å². The van der Waals surface area contributed by atoms with Crippen molar-refractivity contribution in [3.8, 4) is 5.75 Å². The number of carbonyl (C=O) groups is 1. The first-order chi connectivity index (χ1) is 18.9. The van der Waals surface area contributed by atoms with Crippen molar-refractivity contribution in [3.05, 3.63) is 64.2 Å². The molecule has 1 N–H and O–H groups in total. The minimum atomic E-state index is -0.902. The average molecular weight is 530 g/mol. The van der Waals surface area contributed by atoms with Gasteiger partial charge in [-0.3, -0.25) is 4.90 Å². The molecule has 4 bridgehead atoms. The zero-order valence-corrected chi connectivity index (χ0v) is 23.1. The Morgan fingerprint density at radius 1 is 1.13 bits per heavy atom. The Morgan fingerprint density at radius 3 is 2.69 bits per heavy atom. The fraction of sp³-hybridized carbons (Fsp3) is 0.606. The van der Waals surface area contributed by atoms with E-state index in [9.17, 15) is 9.90 Å². The number of carboxylic acids is 1. The van der Waals surface area contributed by atoms with Crippen molar-refractivity contribution in [2.45, 2.75) is 81.6 Å². The van der Waals surface area contributed by atoms with E-state index in [4.69, 9.17) is 14.2 Å². The van der Waals surface area contributed by atoms with E-state index >= 15 is 0 Å². The Kier molecular flexibility index (Phi) is 5.20. The molecule has 2 spiro atoms. The number of fused-ring (bicyclic) bond motifs is 2. The monoisotopic (exact) mass is 529 g/mol. The van der Waals surface area contributed by atoms with Gasteiger partial charge in [0.25, 0.3) is 0 Å². The number of rotatable bonds is 8. The van der Waals surface area contributed by atoms with Gasteiger partial charge in [-0.1, -0.05) is 24.3 Å². The van der Waals surface area contributed by atoms with Crippen molar-refractivity contribution in [1.82, 2.24) is 4.90 Å². The van der Waals surface area contributed by atoms with Gasteiger partial charge >= 0.3 is 5.97 Å². The van der Waals surface area contributed by atoms with Crippen LogP contribution >= 0.6 is 0 Å². The fourth-order valence-electron chi connectivity index (χ4n) is 9.95. The molecule has 4 saturated carbocycles. The van der Waals surface area contributed by atoms with E-state index in [-0.39, 0.29) is 28.5 Å². The zero-order chi connectivity index (χ0) is 26.6. The quantitative estimate of drug-likeness (QED) is 0.511. The number of ether oxygens (including phenoxy) is 3. The van der Waals surface area contributed by atoms with Crippen molar-refractivity contribution in [3.63, 3.8) is 0 Å². The third-order valence-corrected chi connectivity index (χ3v) is 11.8. The summed E-state index contributed by atoms with van der Waals surface area (Å²) in [5.41, 5.74) is 5.47. The first-order valence-electron chi connectivity index (χ1n) is 14.9. The second-order valence-corrected chi connectivity index (χ2v) is 13.4. The minimum absolute atomic E-state index is 0.0293. The Hall–Kier alpha value is -2.41. The van der Waals surface area contributed by atoms with E-state index in [1.54, 1.807) is 12.1 Å². The van der Waals surface area contributed by atoms with Gasteiger partial charge in [0.15, 0.2) is 0 Å². The van der Waals surface area contributed by atoms with Crippen LogP contribution in [0.3, 0.4) is 0 Å². The highest BCUT2D eigenvalue weighted by Crippen LogP contribution is 2.76. The highest BCUT2D eigenvalue weighted by molar-refractivity contribution is 5.87. The third kappa shape index (κ3) is 3.11. The van der Waals surface area contributed by atoms with Crippen molar-refractivity contribution >= 4 is 5.97 Å². The Balaban J connectivity index is 1.15. The molecular formula is C33H39NO5. The predicted molar refractivity (Wildman–Crippen MR) is 146 cm³/mol. The maximum Gasteiger partial charge on any atom is 0.335 e. The summed E-state index contributed by atoms with van der Waals surface area (Å²) in [6.45, 7) is 5.74. The van der Waals surface area contributed by atoms with Gasteiger partial charge in [-0.25, -0.2) is 4.79 Å². The number of nitrogens with zero attached hydrogens (tertiary/aromatic N) is 1. The maximum absolute atomic E-state index is 11.2. The van der Waals surface area contributed by atoms with Crippen LogP contribution in [-0.4, -0.2) is 60.5 Å².